The van der Waals surface area contributed by atoms with Gasteiger partial charge in [-0.05, 0) is 67.9 Å². The number of benzene rings is 2. The standard InChI is InChI=1S/C30H32BrN7O/c1-5-6-10-21-19-38(27-24(30(2,3)4)13-9-14-25(27)31)29(39)37(21)18-20-15-16-26(32-17-20)22-11-7-8-12-23(22)28-33-35-36-34-28/h7-9,11-17,19H,5-6,10,18H2,1-4H3,(H,33,34,35,36). The molecule has 5 aromatic rings. The fraction of sp³-hybridized carbons (Fsp3) is 0.300. The zero-order chi connectivity index (χ0) is 27.6. The second kappa shape index (κ2) is 11.1. The molecule has 2 aromatic carbocycles. The number of tetrazole rings is 1. The van der Waals surface area contributed by atoms with Gasteiger partial charge in [-0.25, -0.2) is 9.89 Å². The number of nitrogens with zero attached hydrogens (tertiary/aromatic N) is 6. The minimum absolute atomic E-state index is 0.0502. The summed E-state index contributed by atoms with van der Waals surface area (Å²) in [5.74, 6) is 0.589. The molecule has 0 aliphatic carbocycles. The van der Waals surface area contributed by atoms with E-state index in [-0.39, 0.29) is 11.1 Å². The van der Waals surface area contributed by atoms with Crippen LogP contribution in [0.5, 0.6) is 0 Å². The molecule has 3 aromatic heterocycles. The van der Waals surface area contributed by atoms with Crippen LogP contribution in [0.1, 0.15) is 57.4 Å². The third kappa shape index (κ3) is 5.49. The van der Waals surface area contributed by atoms with Crippen LogP contribution < -0.4 is 5.69 Å². The molecule has 9 heteroatoms. The molecule has 0 saturated heterocycles. The van der Waals surface area contributed by atoms with Crippen molar-refractivity contribution in [2.24, 2.45) is 0 Å². The van der Waals surface area contributed by atoms with Crippen LogP contribution in [-0.2, 0) is 18.4 Å². The number of hydrogen-bond donors (Lipinski definition) is 1. The van der Waals surface area contributed by atoms with Gasteiger partial charge in [0.25, 0.3) is 0 Å². The molecule has 1 N–H and O–H groups in total. The lowest BCUT2D eigenvalue weighted by molar-refractivity contribution is 0.584. The maximum absolute atomic E-state index is 13.9. The Hall–Kier alpha value is -3.85. The highest BCUT2D eigenvalue weighted by Gasteiger charge is 2.23. The summed E-state index contributed by atoms with van der Waals surface area (Å²) in [6, 6.07) is 18.0. The van der Waals surface area contributed by atoms with Gasteiger partial charge in [-0.2, -0.15) is 0 Å². The van der Waals surface area contributed by atoms with E-state index in [9.17, 15) is 4.79 Å². The SMILES string of the molecule is CCCCc1cn(-c2c(Br)cccc2C(C)(C)C)c(=O)n1Cc1ccc(-c2ccccc2-c2nnn[nH]2)nc1. The molecule has 0 aliphatic rings. The highest BCUT2D eigenvalue weighted by molar-refractivity contribution is 9.10. The first-order valence-corrected chi connectivity index (χ1v) is 14.0. The minimum Gasteiger partial charge on any atom is -0.292 e. The largest absolute Gasteiger partial charge is 0.333 e. The van der Waals surface area contributed by atoms with Gasteiger partial charge in [0.05, 0.1) is 17.9 Å². The van der Waals surface area contributed by atoms with Gasteiger partial charge >= 0.3 is 5.69 Å². The Balaban J connectivity index is 1.52. The van der Waals surface area contributed by atoms with Crippen LogP contribution in [0.4, 0.5) is 0 Å². The number of aryl methyl sites for hydroxylation is 1. The van der Waals surface area contributed by atoms with Crippen molar-refractivity contribution in [2.45, 2.75) is 58.9 Å². The van der Waals surface area contributed by atoms with E-state index in [1.165, 1.54) is 0 Å². The molecule has 0 atom stereocenters. The number of hydrogen-bond acceptors (Lipinski definition) is 5. The zero-order valence-corrected chi connectivity index (χ0v) is 24.2. The van der Waals surface area contributed by atoms with E-state index < -0.39 is 0 Å². The summed E-state index contributed by atoms with van der Waals surface area (Å²) in [7, 11) is 0. The molecule has 0 unspecified atom stereocenters. The average Bonchev–Trinajstić information content (AvgIpc) is 3.56. The van der Waals surface area contributed by atoms with Crippen LogP contribution in [0, 0.1) is 0 Å². The predicted octanol–water partition coefficient (Wildman–Crippen LogP) is 6.33. The fourth-order valence-electron chi connectivity index (χ4n) is 4.83. The van der Waals surface area contributed by atoms with E-state index in [4.69, 9.17) is 4.98 Å². The van der Waals surface area contributed by atoms with Crippen LogP contribution in [0.25, 0.3) is 28.3 Å². The molecule has 0 saturated carbocycles. The van der Waals surface area contributed by atoms with Gasteiger partial charge in [0.15, 0.2) is 5.82 Å². The van der Waals surface area contributed by atoms with Gasteiger partial charge in [0, 0.05) is 33.7 Å². The average molecular weight is 587 g/mol. The van der Waals surface area contributed by atoms with Gasteiger partial charge in [0.2, 0.25) is 0 Å². The molecular weight excluding hydrogens is 554 g/mol. The lowest BCUT2D eigenvalue weighted by atomic mass is 9.86. The van der Waals surface area contributed by atoms with Crippen molar-refractivity contribution in [3.8, 4) is 28.3 Å². The van der Waals surface area contributed by atoms with E-state index in [1.54, 1.807) is 4.57 Å². The Labute approximate surface area is 236 Å². The number of H-pyrrole nitrogens is 1. The highest BCUT2D eigenvalue weighted by Crippen LogP contribution is 2.33. The van der Waals surface area contributed by atoms with Gasteiger partial charge < -0.3 is 0 Å². The third-order valence-electron chi connectivity index (χ3n) is 6.85. The van der Waals surface area contributed by atoms with Crippen LogP contribution in [0.15, 0.2) is 76.3 Å². The van der Waals surface area contributed by atoms with Crippen LogP contribution in [-0.4, -0.2) is 34.7 Å². The Morgan fingerprint density at radius 2 is 1.79 bits per heavy atom. The van der Waals surface area contributed by atoms with E-state index in [1.807, 2.05) is 65.5 Å². The molecule has 0 radical (unpaired) electrons. The molecule has 3 heterocycles. The Morgan fingerprint density at radius 1 is 1.00 bits per heavy atom. The Kier molecular flexibility index (Phi) is 7.61. The van der Waals surface area contributed by atoms with Crippen molar-refractivity contribution in [1.82, 2.24) is 34.7 Å². The lowest BCUT2D eigenvalue weighted by Crippen LogP contribution is -2.27. The summed E-state index contributed by atoms with van der Waals surface area (Å²) in [6.45, 7) is 9.12. The Bertz CT molecular complexity index is 1630. The first-order valence-electron chi connectivity index (χ1n) is 13.2. The molecule has 0 fully saturated rings. The molecule has 0 aliphatic heterocycles. The molecule has 5 rings (SSSR count). The van der Waals surface area contributed by atoms with Crippen molar-refractivity contribution in [1.29, 1.82) is 0 Å². The van der Waals surface area contributed by atoms with E-state index in [0.717, 1.165) is 63.1 Å². The molecule has 39 heavy (non-hydrogen) atoms. The number of imidazole rings is 1. The summed E-state index contributed by atoms with van der Waals surface area (Å²) in [6.07, 6.45) is 6.75. The van der Waals surface area contributed by atoms with E-state index in [0.29, 0.717) is 12.4 Å². The fourth-order valence-corrected chi connectivity index (χ4v) is 5.38. The number of pyridine rings is 1. The highest BCUT2D eigenvalue weighted by atomic mass is 79.9. The smallest absolute Gasteiger partial charge is 0.292 e. The van der Waals surface area contributed by atoms with Gasteiger partial charge in [-0.3, -0.25) is 14.1 Å². The number of para-hydroxylation sites is 1. The summed E-state index contributed by atoms with van der Waals surface area (Å²) in [4.78, 5) is 18.7. The first-order chi connectivity index (χ1) is 18.8. The second-order valence-corrected chi connectivity index (χ2v) is 11.6. The normalized spacial score (nSPS) is 11.7. The molecule has 200 valence electrons. The quantitative estimate of drug-likeness (QED) is 0.229. The lowest BCUT2D eigenvalue weighted by Gasteiger charge is -2.23. The maximum Gasteiger partial charge on any atom is 0.333 e. The number of unbranched alkanes of at least 4 members (excludes halogenated alkanes) is 1. The number of aromatic nitrogens is 7. The molecular formula is C30H32BrN7O. The topological polar surface area (TPSA) is 94.3 Å². The van der Waals surface area contributed by atoms with Crippen LogP contribution in [0.2, 0.25) is 0 Å². The van der Waals surface area contributed by atoms with Crippen molar-refractivity contribution >= 4 is 15.9 Å². The zero-order valence-electron chi connectivity index (χ0n) is 22.6. The number of halogens is 1. The summed E-state index contributed by atoms with van der Waals surface area (Å²) < 4.78 is 4.59. The predicted molar refractivity (Wildman–Crippen MR) is 157 cm³/mol. The number of nitrogens with one attached hydrogen (secondary N) is 1. The number of aromatic amines is 1. The second-order valence-electron chi connectivity index (χ2n) is 10.7. The molecule has 8 nitrogen and oxygen atoms in total. The van der Waals surface area contributed by atoms with Crippen molar-refractivity contribution in [2.75, 3.05) is 0 Å². The Morgan fingerprint density at radius 3 is 2.46 bits per heavy atom. The third-order valence-corrected chi connectivity index (χ3v) is 7.49. The first kappa shape index (κ1) is 26.7. The molecule has 0 bridgehead atoms. The van der Waals surface area contributed by atoms with Crippen LogP contribution in [0.3, 0.4) is 0 Å². The van der Waals surface area contributed by atoms with E-state index in [2.05, 4.69) is 70.3 Å². The van der Waals surface area contributed by atoms with Crippen molar-refractivity contribution in [3.05, 3.63) is 98.8 Å². The van der Waals surface area contributed by atoms with Crippen LogP contribution >= 0.6 is 15.9 Å². The monoisotopic (exact) mass is 585 g/mol. The van der Waals surface area contributed by atoms with Gasteiger partial charge in [-0.15, -0.1) is 5.10 Å². The minimum atomic E-state index is -0.123. The van der Waals surface area contributed by atoms with Gasteiger partial charge in [-0.1, -0.05) is 76.6 Å². The maximum atomic E-state index is 13.9. The van der Waals surface area contributed by atoms with Crippen molar-refractivity contribution < 1.29 is 0 Å². The summed E-state index contributed by atoms with van der Waals surface area (Å²) in [5, 5.41) is 14.3. The van der Waals surface area contributed by atoms with Crippen molar-refractivity contribution in [3.63, 3.8) is 0 Å². The number of rotatable bonds is 8. The summed E-state index contributed by atoms with van der Waals surface area (Å²) in [5.41, 5.74) is 6.43. The van der Waals surface area contributed by atoms with E-state index >= 15 is 0 Å². The molecule has 0 amide bonds. The van der Waals surface area contributed by atoms with Gasteiger partial charge in [0.1, 0.15) is 0 Å². The summed E-state index contributed by atoms with van der Waals surface area (Å²) >= 11 is 3.72. The molecule has 0 spiro atoms.